The predicted molar refractivity (Wildman–Crippen MR) is 117 cm³/mol. The first-order chi connectivity index (χ1) is 15.4. The summed E-state index contributed by atoms with van der Waals surface area (Å²) in [6.45, 7) is 0.610. The van der Waals surface area contributed by atoms with E-state index in [0.29, 0.717) is 13.0 Å². The second-order valence-electron chi connectivity index (χ2n) is 8.82. The summed E-state index contributed by atoms with van der Waals surface area (Å²) in [6.07, 6.45) is 7.59. The molecule has 1 aromatic heterocycles. The molecule has 3 heterocycles. The Morgan fingerprint density at radius 1 is 1.12 bits per heavy atom. The number of rotatable bonds is 5. The van der Waals surface area contributed by atoms with Crippen LogP contribution in [0.3, 0.4) is 0 Å². The molecular weight excluding hydrogens is 456 g/mol. The molecule has 2 saturated heterocycles. The smallest absolute Gasteiger partial charge is 0.304 e. The molecule has 9 nitrogen and oxygen atoms in total. The number of morpholine rings is 1. The topological polar surface area (TPSA) is 114 Å². The summed E-state index contributed by atoms with van der Waals surface area (Å²) in [5.74, 6) is -0.822. The van der Waals surface area contributed by atoms with Crippen molar-refractivity contribution in [2.75, 3.05) is 18.5 Å². The third-order valence-corrected chi connectivity index (χ3v) is 8.88. The fourth-order valence-corrected chi connectivity index (χ4v) is 7.24. The lowest BCUT2D eigenvalue weighted by Crippen LogP contribution is -2.49. The van der Waals surface area contributed by atoms with Crippen molar-refractivity contribution in [1.82, 2.24) is 14.0 Å². The van der Waals surface area contributed by atoms with Gasteiger partial charge >= 0.3 is 10.2 Å². The summed E-state index contributed by atoms with van der Waals surface area (Å²) in [6, 6.07) is -0.0689. The second-order valence-corrected chi connectivity index (χ2v) is 10.8. The van der Waals surface area contributed by atoms with E-state index in [0.717, 1.165) is 49.2 Å². The normalized spacial score (nSPS) is 24.0. The minimum Gasteiger partial charge on any atom is -0.431 e. The third kappa shape index (κ3) is 3.23. The average molecular weight is 479 g/mol. The molecule has 11 heteroatoms. The average Bonchev–Trinajstić information content (AvgIpc) is 3.57. The van der Waals surface area contributed by atoms with Gasteiger partial charge in [-0.05, 0) is 67.2 Å². The molecule has 2 fully saturated rings. The van der Waals surface area contributed by atoms with Crippen molar-refractivity contribution >= 4 is 39.4 Å². The Hall–Kier alpha value is -2.14. The molecule has 32 heavy (non-hydrogen) atoms. The van der Waals surface area contributed by atoms with Crippen molar-refractivity contribution in [3.05, 3.63) is 39.2 Å². The van der Waals surface area contributed by atoms with E-state index in [1.165, 1.54) is 32.8 Å². The lowest BCUT2D eigenvalue weighted by molar-refractivity contribution is 0.0601. The Morgan fingerprint density at radius 3 is 2.44 bits per heavy atom. The molecule has 170 valence electrons. The SMILES string of the molecule is O=C(NS(=O)(=O)N1CC2CC1CO2)c1coc(Nc2c3c(c(Cl)c4c2CCC4)CCC3)n1. The molecule has 4 aliphatic rings. The van der Waals surface area contributed by atoms with Crippen molar-refractivity contribution in [2.24, 2.45) is 0 Å². The van der Waals surface area contributed by atoms with Crippen LogP contribution in [0, 0.1) is 0 Å². The standard InChI is InChI=1S/C21H23ClN4O5S/c22-18-13-3-1-5-15(13)19(16-6-2-4-14(16)18)24-21-23-17(10-31-21)20(27)25-32(28,29)26-8-12-7-11(26)9-30-12/h10-12H,1-9H2,(H,23,24)(H,25,27). The van der Waals surface area contributed by atoms with Gasteiger partial charge < -0.3 is 14.5 Å². The Bertz CT molecular complexity index is 1190. The Labute approximate surface area is 190 Å². The van der Waals surface area contributed by atoms with Crippen molar-refractivity contribution in [3.8, 4) is 0 Å². The summed E-state index contributed by atoms with van der Waals surface area (Å²) in [5.41, 5.74) is 5.63. The number of carbonyl (C=O) groups excluding carboxylic acids is 1. The molecule has 2 N–H and O–H groups in total. The van der Waals surface area contributed by atoms with Crippen LogP contribution in [0.2, 0.25) is 5.02 Å². The van der Waals surface area contributed by atoms with E-state index in [-0.39, 0.29) is 30.4 Å². The zero-order chi connectivity index (χ0) is 22.0. The number of aromatic nitrogens is 1. The van der Waals surface area contributed by atoms with Crippen molar-refractivity contribution in [2.45, 2.75) is 57.1 Å². The van der Waals surface area contributed by atoms with Gasteiger partial charge in [-0.3, -0.25) is 4.79 Å². The highest BCUT2D eigenvalue weighted by Gasteiger charge is 2.45. The van der Waals surface area contributed by atoms with Gasteiger partial charge in [-0.25, -0.2) is 4.72 Å². The molecule has 2 aliphatic heterocycles. The number of ether oxygens (including phenoxy) is 1. The number of nitrogens with one attached hydrogen (secondary N) is 2. The number of amides is 1. The van der Waals surface area contributed by atoms with Gasteiger partial charge in [0, 0.05) is 17.3 Å². The highest BCUT2D eigenvalue weighted by atomic mass is 35.5. The highest BCUT2D eigenvalue weighted by Crippen LogP contribution is 2.44. The molecule has 2 bridgehead atoms. The number of fused-ring (bicyclic) bond motifs is 4. The summed E-state index contributed by atoms with van der Waals surface area (Å²) in [4.78, 5) is 16.8. The van der Waals surface area contributed by atoms with Gasteiger partial charge in [0.15, 0.2) is 5.69 Å². The largest absolute Gasteiger partial charge is 0.431 e. The number of nitrogens with zero attached hydrogens (tertiary/aromatic N) is 2. The minimum absolute atomic E-state index is 0.0982. The lowest BCUT2D eigenvalue weighted by Gasteiger charge is -2.25. The van der Waals surface area contributed by atoms with Crippen LogP contribution in [0.5, 0.6) is 0 Å². The first-order valence-corrected chi connectivity index (χ1v) is 12.8. The van der Waals surface area contributed by atoms with Crippen LogP contribution in [0.1, 0.15) is 52.0 Å². The van der Waals surface area contributed by atoms with E-state index in [1.807, 2.05) is 0 Å². The van der Waals surface area contributed by atoms with Crippen LogP contribution < -0.4 is 10.0 Å². The number of halogens is 1. The minimum atomic E-state index is -3.97. The van der Waals surface area contributed by atoms with Gasteiger partial charge in [-0.15, -0.1) is 0 Å². The quantitative estimate of drug-likeness (QED) is 0.678. The Morgan fingerprint density at radius 2 is 1.81 bits per heavy atom. The van der Waals surface area contributed by atoms with Gasteiger partial charge in [-0.2, -0.15) is 17.7 Å². The molecular formula is C21H23ClN4O5S. The van der Waals surface area contributed by atoms with E-state index in [1.54, 1.807) is 0 Å². The highest BCUT2D eigenvalue weighted by molar-refractivity contribution is 7.87. The number of anilines is 2. The maximum atomic E-state index is 12.6. The molecule has 2 aliphatic carbocycles. The van der Waals surface area contributed by atoms with E-state index in [4.69, 9.17) is 20.8 Å². The second kappa shape index (κ2) is 7.44. The van der Waals surface area contributed by atoms with E-state index >= 15 is 0 Å². The maximum Gasteiger partial charge on any atom is 0.304 e. The molecule has 6 rings (SSSR count). The number of benzene rings is 1. The van der Waals surface area contributed by atoms with Crippen LogP contribution in [-0.4, -0.2) is 48.9 Å². The molecule has 0 saturated carbocycles. The molecule has 1 aromatic carbocycles. The van der Waals surface area contributed by atoms with Gasteiger partial charge in [-0.1, -0.05) is 11.6 Å². The number of carbonyl (C=O) groups is 1. The summed E-state index contributed by atoms with van der Waals surface area (Å²) < 4.78 is 39.6. The summed E-state index contributed by atoms with van der Waals surface area (Å²) >= 11 is 6.67. The van der Waals surface area contributed by atoms with Crippen LogP contribution in [0.25, 0.3) is 0 Å². The lowest BCUT2D eigenvalue weighted by atomic mass is 9.98. The van der Waals surface area contributed by atoms with Crippen LogP contribution in [0.15, 0.2) is 10.7 Å². The van der Waals surface area contributed by atoms with Crippen molar-refractivity contribution in [3.63, 3.8) is 0 Å². The van der Waals surface area contributed by atoms with Gasteiger partial charge in [0.25, 0.3) is 11.9 Å². The van der Waals surface area contributed by atoms with Crippen molar-refractivity contribution < 1.29 is 22.4 Å². The number of hydrogen-bond acceptors (Lipinski definition) is 7. The van der Waals surface area contributed by atoms with Gasteiger partial charge in [0.2, 0.25) is 0 Å². The van der Waals surface area contributed by atoms with Crippen LogP contribution >= 0.6 is 11.6 Å². The predicted octanol–water partition coefficient (Wildman–Crippen LogP) is 2.50. The number of hydrogen-bond donors (Lipinski definition) is 2. The maximum absolute atomic E-state index is 12.6. The van der Waals surface area contributed by atoms with E-state index < -0.39 is 16.1 Å². The van der Waals surface area contributed by atoms with Gasteiger partial charge in [0.05, 0.1) is 18.8 Å². The van der Waals surface area contributed by atoms with Crippen LogP contribution in [-0.2, 0) is 40.6 Å². The fourth-order valence-electron chi connectivity index (χ4n) is 5.47. The molecule has 2 aromatic rings. The number of oxazole rings is 1. The molecule has 2 atom stereocenters. The van der Waals surface area contributed by atoms with E-state index in [2.05, 4.69) is 15.0 Å². The first kappa shape index (κ1) is 20.5. The zero-order valence-corrected chi connectivity index (χ0v) is 18.9. The zero-order valence-electron chi connectivity index (χ0n) is 17.3. The summed E-state index contributed by atoms with van der Waals surface area (Å²) in [7, 11) is -3.97. The summed E-state index contributed by atoms with van der Waals surface area (Å²) in [5, 5.41) is 4.15. The first-order valence-electron chi connectivity index (χ1n) is 10.9. The monoisotopic (exact) mass is 478 g/mol. The molecule has 0 radical (unpaired) electrons. The Kier molecular flexibility index (Phi) is 4.76. The molecule has 1 amide bonds. The fraction of sp³-hybridized carbons (Fsp3) is 0.524. The Balaban J connectivity index is 1.22. The van der Waals surface area contributed by atoms with Crippen molar-refractivity contribution in [1.29, 1.82) is 0 Å². The third-order valence-electron chi connectivity index (χ3n) is 6.92. The molecule has 0 spiro atoms. The molecule has 2 unspecified atom stereocenters. The van der Waals surface area contributed by atoms with Crippen LogP contribution in [0.4, 0.5) is 11.7 Å². The van der Waals surface area contributed by atoms with Gasteiger partial charge in [0.1, 0.15) is 6.26 Å². The van der Waals surface area contributed by atoms with E-state index in [9.17, 15) is 13.2 Å².